The molecule has 31 heavy (non-hydrogen) atoms. The van der Waals surface area contributed by atoms with Crippen molar-refractivity contribution < 1.29 is 4.79 Å². The number of aromatic amines is 1. The molecule has 0 saturated carbocycles. The van der Waals surface area contributed by atoms with E-state index >= 15 is 0 Å². The molecule has 1 aromatic carbocycles. The number of nitrogens with zero attached hydrogens (tertiary/aromatic N) is 5. The summed E-state index contributed by atoms with van der Waals surface area (Å²) in [5, 5.41) is 14.9. The van der Waals surface area contributed by atoms with Crippen molar-refractivity contribution in [1.29, 1.82) is 0 Å². The van der Waals surface area contributed by atoms with E-state index in [1.165, 1.54) is 0 Å². The fraction of sp³-hybridized carbons (Fsp3) is 0.391. The van der Waals surface area contributed by atoms with Gasteiger partial charge in [-0.05, 0) is 44.4 Å². The Hall–Kier alpha value is -3.42. The van der Waals surface area contributed by atoms with Gasteiger partial charge in [0.05, 0.1) is 28.5 Å². The molecule has 8 nitrogen and oxygen atoms in total. The van der Waals surface area contributed by atoms with Crippen LogP contribution in [0.15, 0.2) is 30.3 Å². The molecule has 0 fully saturated rings. The van der Waals surface area contributed by atoms with Gasteiger partial charge >= 0.3 is 0 Å². The molecule has 0 aliphatic carbocycles. The number of aromatic nitrogens is 6. The number of carbonyl (C=O) groups is 1. The minimum atomic E-state index is -0.210. The third-order valence-electron chi connectivity index (χ3n) is 5.73. The third kappa shape index (κ3) is 3.85. The Bertz CT molecular complexity index is 1240. The summed E-state index contributed by atoms with van der Waals surface area (Å²) in [7, 11) is 3.89. The Kier molecular flexibility index (Phi) is 5.39. The zero-order valence-electron chi connectivity index (χ0n) is 18.9. The summed E-state index contributed by atoms with van der Waals surface area (Å²) in [4.78, 5) is 17.9. The highest BCUT2D eigenvalue weighted by Crippen LogP contribution is 2.27. The molecule has 0 unspecified atom stereocenters. The van der Waals surface area contributed by atoms with Crippen LogP contribution >= 0.6 is 0 Å². The zero-order chi connectivity index (χ0) is 22.3. The topological polar surface area (TPSA) is 93.4 Å². The highest BCUT2D eigenvalue weighted by Gasteiger charge is 2.24. The Morgan fingerprint density at radius 1 is 1.19 bits per heavy atom. The Morgan fingerprint density at radius 2 is 1.94 bits per heavy atom. The van der Waals surface area contributed by atoms with E-state index in [-0.39, 0.29) is 11.9 Å². The van der Waals surface area contributed by atoms with E-state index < -0.39 is 0 Å². The fourth-order valence-electron chi connectivity index (χ4n) is 4.12. The zero-order valence-corrected chi connectivity index (χ0v) is 18.9. The van der Waals surface area contributed by atoms with Gasteiger partial charge in [-0.3, -0.25) is 14.6 Å². The van der Waals surface area contributed by atoms with Crippen LogP contribution in [0.3, 0.4) is 0 Å². The summed E-state index contributed by atoms with van der Waals surface area (Å²) >= 11 is 0. The van der Waals surface area contributed by atoms with Gasteiger partial charge in [-0.25, -0.2) is 4.98 Å². The monoisotopic (exact) mass is 419 g/mol. The van der Waals surface area contributed by atoms with Crippen LogP contribution in [0, 0.1) is 19.8 Å². The second-order valence-corrected chi connectivity index (χ2v) is 8.51. The number of benzene rings is 1. The van der Waals surface area contributed by atoms with E-state index in [9.17, 15) is 4.79 Å². The third-order valence-corrected chi connectivity index (χ3v) is 5.73. The van der Waals surface area contributed by atoms with Gasteiger partial charge in [0.25, 0.3) is 5.91 Å². The van der Waals surface area contributed by atoms with Gasteiger partial charge in [-0.15, -0.1) is 0 Å². The van der Waals surface area contributed by atoms with Gasteiger partial charge < -0.3 is 9.88 Å². The lowest BCUT2D eigenvalue weighted by atomic mass is 10.0. The van der Waals surface area contributed by atoms with Gasteiger partial charge in [0.15, 0.2) is 0 Å². The SMILES string of the molecule is Cc1nn(C)c(C)c1-c1cc(C(=O)N[C@H](CC(C)C)c2nc3ccccc3n2C)[nH]n1. The first kappa shape index (κ1) is 20.8. The van der Waals surface area contributed by atoms with E-state index in [2.05, 4.69) is 39.0 Å². The average molecular weight is 420 g/mol. The lowest BCUT2D eigenvalue weighted by molar-refractivity contribution is 0.0924. The van der Waals surface area contributed by atoms with Crippen LogP contribution in [0.25, 0.3) is 22.3 Å². The summed E-state index contributed by atoms with van der Waals surface area (Å²) in [5.41, 5.74) is 5.96. The molecule has 4 aromatic rings. The van der Waals surface area contributed by atoms with Gasteiger partial charge in [-0.2, -0.15) is 10.2 Å². The number of hydrogen-bond donors (Lipinski definition) is 2. The summed E-state index contributed by atoms with van der Waals surface area (Å²) < 4.78 is 3.88. The van der Waals surface area contributed by atoms with Gasteiger partial charge in [0.1, 0.15) is 11.5 Å². The number of fused-ring (bicyclic) bond motifs is 1. The summed E-state index contributed by atoms with van der Waals surface area (Å²) in [5.74, 6) is 1.04. The van der Waals surface area contributed by atoms with Gasteiger partial charge in [0, 0.05) is 25.4 Å². The van der Waals surface area contributed by atoms with Crippen molar-refractivity contribution in [2.45, 2.75) is 40.2 Å². The largest absolute Gasteiger partial charge is 0.341 e. The Balaban J connectivity index is 1.63. The standard InChI is InChI=1S/C23H29N7O/c1-13(2)11-18(22-24-16-9-7-8-10-20(16)29(22)5)25-23(31)19-12-17(26-27-19)21-14(3)28-30(6)15(21)4/h7-10,12-13,18H,11H2,1-6H3,(H,25,31)(H,26,27)/t18-/m1/s1. The maximum atomic E-state index is 13.1. The highest BCUT2D eigenvalue weighted by molar-refractivity contribution is 5.93. The maximum absolute atomic E-state index is 13.1. The molecular weight excluding hydrogens is 390 g/mol. The van der Waals surface area contributed by atoms with Crippen LogP contribution in [0.4, 0.5) is 0 Å². The van der Waals surface area contributed by atoms with Crippen LogP contribution in [0.2, 0.25) is 0 Å². The van der Waals surface area contributed by atoms with E-state index in [4.69, 9.17) is 4.98 Å². The van der Waals surface area contributed by atoms with E-state index in [0.29, 0.717) is 11.6 Å². The molecule has 0 spiro atoms. The molecule has 2 N–H and O–H groups in total. The van der Waals surface area contributed by atoms with Crippen molar-refractivity contribution in [2.75, 3.05) is 0 Å². The number of aryl methyl sites for hydroxylation is 3. The smallest absolute Gasteiger partial charge is 0.269 e. The minimum absolute atomic E-state index is 0.198. The predicted octanol–water partition coefficient (Wildman–Crippen LogP) is 3.83. The molecule has 0 saturated heterocycles. The van der Waals surface area contributed by atoms with Crippen LogP contribution in [0.5, 0.6) is 0 Å². The van der Waals surface area contributed by atoms with Gasteiger partial charge in [-0.1, -0.05) is 26.0 Å². The number of hydrogen-bond acceptors (Lipinski definition) is 4. The highest BCUT2D eigenvalue weighted by atomic mass is 16.2. The summed E-state index contributed by atoms with van der Waals surface area (Å²) in [6.07, 6.45) is 0.782. The molecule has 1 amide bonds. The number of amides is 1. The van der Waals surface area contributed by atoms with Crippen molar-refractivity contribution in [3.63, 3.8) is 0 Å². The number of rotatable bonds is 6. The van der Waals surface area contributed by atoms with Crippen molar-refractivity contribution in [1.82, 2.24) is 34.8 Å². The molecule has 162 valence electrons. The summed E-state index contributed by atoms with van der Waals surface area (Å²) in [6.45, 7) is 8.23. The molecule has 8 heteroatoms. The average Bonchev–Trinajstić information content (AvgIpc) is 3.39. The predicted molar refractivity (Wildman–Crippen MR) is 121 cm³/mol. The minimum Gasteiger partial charge on any atom is -0.341 e. The second-order valence-electron chi connectivity index (χ2n) is 8.51. The molecule has 0 bridgehead atoms. The number of carbonyl (C=O) groups excluding carboxylic acids is 1. The van der Waals surface area contributed by atoms with Crippen molar-refractivity contribution in [2.24, 2.45) is 20.0 Å². The van der Waals surface area contributed by atoms with Crippen LogP contribution in [0.1, 0.15) is 54.0 Å². The molecule has 3 aromatic heterocycles. The first-order valence-corrected chi connectivity index (χ1v) is 10.5. The molecule has 0 aliphatic heterocycles. The Labute approximate surface area is 181 Å². The molecule has 4 rings (SSSR count). The first-order valence-electron chi connectivity index (χ1n) is 10.5. The molecule has 0 radical (unpaired) electrons. The lowest BCUT2D eigenvalue weighted by Crippen LogP contribution is -2.31. The van der Waals surface area contributed by atoms with Crippen LogP contribution in [-0.4, -0.2) is 35.4 Å². The molecule has 0 aliphatic rings. The van der Waals surface area contributed by atoms with E-state index in [0.717, 1.165) is 45.9 Å². The number of nitrogens with one attached hydrogen (secondary N) is 2. The fourth-order valence-corrected chi connectivity index (χ4v) is 4.12. The molecule has 1 atom stereocenters. The second kappa shape index (κ2) is 8.02. The van der Waals surface area contributed by atoms with Crippen LogP contribution in [-0.2, 0) is 14.1 Å². The van der Waals surface area contributed by atoms with Crippen molar-refractivity contribution in [3.05, 3.63) is 53.2 Å². The maximum Gasteiger partial charge on any atom is 0.269 e. The normalized spacial score (nSPS) is 12.6. The number of imidazole rings is 1. The lowest BCUT2D eigenvalue weighted by Gasteiger charge is -2.20. The molecule has 3 heterocycles. The van der Waals surface area contributed by atoms with Crippen molar-refractivity contribution in [3.8, 4) is 11.3 Å². The van der Waals surface area contributed by atoms with E-state index in [1.807, 2.05) is 56.9 Å². The Morgan fingerprint density at radius 3 is 2.58 bits per heavy atom. The van der Waals surface area contributed by atoms with Crippen LogP contribution < -0.4 is 5.32 Å². The number of para-hydroxylation sites is 2. The van der Waals surface area contributed by atoms with E-state index in [1.54, 1.807) is 6.07 Å². The first-order chi connectivity index (χ1) is 14.8. The van der Waals surface area contributed by atoms with Crippen molar-refractivity contribution >= 4 is 16.9 Å². The quantitative estimate of drug-likeness (QED) is 0.497. The molecular formula is C23H29N7O. The summed E-state index contributed by atoms with van der Waals surface area (Å²) in [6, 6.07) is 9.58. The van der Waals surface area contributed by atoms with Gasteiger partial charge in [0.2, 0.25) is 0 Å². The number of H-pyrrole nitrogens is 1.